The van der Waals surface area contributed by atoms with Gasteiger partial charge in [0, 0.05) is 23.1 Å². The maximum absolute atomic E-state index is 12.6. The van der Waals surface area contributed by atoms with E-state index >= 15 is 0 Å². The number of nitrogens with zero attached hydrogens (tertiary/aromatic N) is 1. The molecule has 1 aliphatic rings. The molecular weight excluding hydrogens is 383 g/mol. The van der Waals surface area contributed by atoms with E-state index < -0.39 is 12.8 Å². The van der Waals surface area contributed by atoms with Gasteiger partial charge >= 0.3 is 6.09 Å². The highest BCUT2D eigenvalue weighted by Crippen LogP contribution is 2.41. The lowest BCUT2D eigenvalue weighted by Crippen LogP contribution is -2.41. The molecule has 0 saturated heterocycles. The summed E-state index contributed by atoms with van der Waals surface area (Å²) in [6.45, 7) is -0.511. The number of rotatable bonds is 4. The Morgan fingerprint density at radius 2 is 2.07 bits per heavy atom. The van der Waals surface area contributed by atoms with E-state index in [-0.39, 0.29) is 12.6 Å². The van der Waals surface area contributed by atoms with Crippen molar-refractivity contribution in [2.75, 3.05) is 26.9 Å². The van der Waals surface area contributed by atoms with Crippen LogP contribution >= 0.6 is 11.6 Å². The largest absolute Gasteiger partial charge is 0.497 e. The second kappa shape index (κ2) is 7.72. The van der Waals surface area contributed by atoms with Gasteiger partial charge in [0.05, 0.1) is 12.1 Å². The summed E-state index contributed by atoms with van der Waals surface area (Å²) in [5, 5.41) is 1.66. The number of hydrogen-bond donors (Lipinski definition) is 1. The summed E-state index contributed by atoms with van der Waals surface area (Å²) >= 11 is 6.45. The number of benzene rings is 2. The molecule has 1 N–H and O–H groups in total. The highest BCUT2D eigenvalue weighted by Gasteiger charge is 2.35. The van der Waals surface area contributed by atoms with E-state index in [1.807, 2.05) is 42.5 Å². The van der Waals surface area contributed by atoms with Crippen molar-refractivity contribution in [2.24, 2.45) is 0 Å². The lowest BCUT2D eigenvalue weighted by atomic mass is 9.92. The molecule has 0 fully saturated rings. The lowest BCUT2D eigenvalue weighted by Gasteiger charge is -2.35. The van der Waals surface area contributed by atoms with Crippen molar-refractivity contribution in [3.8, 4) is 5.75 Å². The average molecular weight is 403 g/mol. The van der Waals surface area contributed by atoms with Crippen molar-refractivity contribution in [2.45, 2.75) is 12.5 Å². The average Bonchev–Trinajstić information content (AvgIpc) is 3.11. The van der Waals surface area contributed by atoms with Crippen LogP contribution in [0, 0.1) is 0 Å². The van der Waals surface area contributed by atoms with Gasteiger partial charge in [0.2, 0.25) is 0 Å². The molecule has 5 nitrogen and oxygen atoms in total. The molecule has 2 aromatic carbocycles. The molecule has 3 aromatic rings. The second-order valence-electron chi connectivity index (χ2n) is 6.60. The highest BCUT2D eigenvalue weighted by molar-refractivity contribution is 6.35. The van der Waals surface area contributed by atoms with Crippen molar-refractivity contribution in [1.29, 1.82) is 0 Å². The third-order valence-electron chi connectivity index (χ3n) is 5.07. The number of halogens is 2. The van der Waals surface area contributed by atoms with Crippen LogP contribution in [-0.4, -0.2) is 42.9 Å². The molecule has 0 saturated carbocycles. The molecule has 28 heavy (non-hydrogen) atoms. The number of methoxy groups -OCH3 is 1. The third kappa shape index (κ3) is 3.18. The molecule has 146 valence electrons. The van der Waals surface area contributed by atoms with E-state index in [0.29, 0.717) is 18.0 Å². The lowest BCUT2D eigenvalue weighted by molar-refractivity contribution is 0.0837. The first-order chi connectivity index (χ1) is 13.6. The van der Waals surface area contributed by atoms with E-state index in [0.717, 1.165) is 33.5 Å². The SMILES string of the molecule is COc1ccc(C2c3[nH]c4cccc(Cl)c4c3CCN2C(=O)OCCF)cc1. The predicted molar refractivity (Wildman–Crippen MR) is 106 cm³/mol. The fourth-order valence-corrected chi connectivity index (χ4v) is 4.13. The molecule has 0 radical (unpaired) electrons. The fraction of sp³-hybridized carbons (Fsp3) is 0.286. The van der Waals surface area contributed by atoms with Gasteiger partial charge in [-0.3, -0.25) is 4.90 Å². The Labute approximate surface area is 167 Å². The van der Waals surface area contributed by atoms with E-state index in [1.165, 1.54) is 0 Å². The highest BCUT2D eigenvalue weighted by atomic mass is 35.5. The Hall–Kier alpha value is -2.73. The van der Waals surface area contributed by atoms with Gasteiger partial charge < -0.3 is 14.5 Å². The number of amides is 1. The van der Waals surface area contributed by atoms with Crippen LogP contribution < -0.4 is 4.74 Å². The molecule has 7 heteroatoms. The van der Waals surface area contributed by atoms with Gasteiger partial charge in [0.1, 0.15) is 25.1 Å². The number of alkyl halides is 1. The zero-order valence-electron chi connectivity index (χ0n) is 15.4. The Morgan fingerprint density at radius 3 is 2.79 bits per heavy atom. The van der Waals surface area contributed by atoms with Crippen LogP contribution in [0.3, 0.4) is 0 Å². The van der Waals surface area contributed by atoms with Crippen LogP contribution in [0.15, 0.2) is 42.5 Å². The second-order valence-corrected chi connectivity index (χ2v) is 7.01. The first kappa shape index (κ1) is 18.6. The number of ether oxygens (including phenoxy) is 2. The molecule has 0 aliphatic carbocycles. The molecule has 1 unspecified atom stereocenters. The topological polar surface area (TPSA) is 54.6 Å². The van der Waals surface area contributed by atoms with Crippen molar-refractivity contribution in [1.82, 2.24) is 9.88 Å². The molecule has 1 atom stereocenters. The third-order valence-corrected chi connectivity index (χ3v) is 5.38. The normalized spacial score (nSPS) is 16.1. The van der Waals surface area contributed by atoms with E-state index in [4.69, 9.17) is 21.1 Å². The van der Waals surface area contributed by atoms with E-state index in [1.54, 1.807) is 12.0 Å². The van der Waals surface area contributed by atoms with Crippen LogP contribution in [0.2, 0.25) is 5.02 Å². The Bertz CT molecular complexity index is 1000. The summed E-state index contributed by atoms with van der Waals surface area (Å²) in [5.74, 6) is 0.728. The van der Waals surface area contributed by atoms with Crippen molar-refractivity contribution in [3.05, 3.63) is 64.3 Å². The van der Waals surface area contributed by atoms with Gasteiger partial charge in [0.25, 0.3) is 0 Å². The van der Waals surface area contributed by atoms with Crippen molar-refractivity contribution >= 4 is 28.6 Å². The van der Waals surface area contributed by atoms with Crippen LogP contribution in [0.4, 0.5) is 9.18 Å². The summed E-state index contributed by atoms with van der Waals surface area (Å²) in [6.07, 6.45) is 0.102. The van der Waals surface area contributed by atoms with Crippen LogP contribution in [0.1, 0.15) is 22.9 Å². The van der Waals surface area contributed by atoms with E-state index in [2.05, 4.69) is 4.98 Å². The minimum atomic E-state index is -0.708. The van der Waals surface area contributed by atoms with Crippen LogP contribution in [-0.2, 0) is 11.2 Å². The summed E-state index contributed by atoms with van der Waals surface area (Å²) < 4.78 is 22.8. The number of aromatic nitrogens is 1. The van der Waals surface area contributed by atoms with E-state index in [9.17, 15) is 9.18 Å². The number of carbonyl (C=O) groups excluding carboxylic acids is 1. The molecule has 2 heterocycles. The van der Waals surface area contributed by atoms with Gasteiger partial charge in [-0.05, 0) is 41.8 Å². The zero-order chi connectivity index (χ0) is 19.7. The number of H-pyrrole nitrogens is 1. The molecule has 1 aliphatic heterocycles. The molecule has 4 rings (SSSR count). The molecular formula is C21H20ClFN2O3. The van der Waals surface area contributed by atoms with Gasteiger partial charge in [-0.2, -0.15) is 0 Å². The number of nitrogens with one attached hydrogen (secondary N) is 1. The van der Waals surface area contributed by atoms with Crippen LogP contribution in [0.5, 0.6) is 5.75 Å². The van der Waals surface area contributed by atoms with Crippen LogP contribution in [0.25, 0.3) is 10.9 Å². The molecule has 1 amide bonds. The monoisotopic (exact) mass is 402 g/mol. The number of fused-ring (bicyclic) bond motifs is 3. The van der Waals surface area contributed by atoms with Crippen molar-refractivity contribution in [3.63, 3.8) is 0 Å². The quantitative estimate of drug-likeness (QED) is 0.676. The zero-order valence-corrected chi connectivity index (χ0v) is 16.1. The standard InChI is InChI=1S/C21H20ClFN2O3/c1-27-14-7-5-13(6-8-14)20-19-15(9-11-25(20)21(26)28-12-10-23)18-16(22)3-2-4-17(18)24-19/h2-8,20,24H,9-12H2,1H3. The van der Waals surface area contributed by atoms with Gasteiger partial charge in [-0.15, -0.1) is 0 Å². The minimum absolute atomic E-state index is 0.254. The minimum Gasteiger partial charge on any atom is -0.497 e. The fourth-order valence-electron chi connectivity index (χ4n) is 3.84. The van der Waals surface area contributed by atoms with Gasteiger partial charge in [-0.25, -0.2) is 9.18 Å². The summed E-state index contributed by atoms with van der Waals surface area (Å²) in [4.78, 5) is 17.7. The summed E-state index contributed by atoms with van der Waals surface area (Å²) in [6, 6.07) is 12.9. The van der Waals surface area contributed by atoms with Gasteiger partial charge in [-0.1, -0.05) is 29.8 Å². The van der Waals surface area contributed by atoms with Gasteiger partial charge in [0.15, 0.2) is 0 Å². The Balaban J connectivity index is 1.83. The molecule has 1 aromatic heterocycles. The summed E-state index contributed by atoms with van der Waals surface area (Å²) in [5.41, 5.74) is 3.82. The predicted octanol–water partition coefficient (Wildman–Crippen LogP) is 4.88. The maximum atomic E-state index is 12.6. The van der Waals surface area contributed by atoms with Crippen molar-refractivity contribution < 1.29 is 18.7 Å². The first-order valence-electron chi connectivity index (χ1n) is 9.06. The molecule has 0 bridgehead atoms. The summed E-state index contributed by atoms with van der Waals surface area (Å²) in [7, 11) is 1.61. The number of carbonyl (C=O) groups is 1. The first-order valence-corrected chi connectivity index (χ1v) is 9.44. The Kier molecular flexibility index (Phi) is 5.13. The Morgan fingerprint density at radius 1 is 1.29 bits per heavy atom. The molecule has 0 spiro atoms. The number of hydrogen-bond acceptors (Lipinski definition) is 3. The number of aromatic amines is 1. The maximum Gasteiger partial charge on any atom is 0.410 e. The smallest absolute Gasteiger partial charge is 0.410 e.